The highest BCUT2D eigenvalue weighted by molar-refractivity contribution is 5.94. The molecule has 1 aliphatic heterocycles. The zero-order valence-corrected chi connectivity index (χ0v) is 7.79. The van der Waals surface area contributed by atoms with Gasteiger partial charge in [-0.3, -0.25) is 4.79 Å². The first-order valence-corrected chi connectivity index (χ1v) is 4.63. The third-order valence-electron chi connectivity index (χ3n) is 2.06. The number of carbonyl (C=O) groups is 1. The molecule has 12 heavy (non-hydrogen) atoms. The van der Waals surface area contributed by atoms with E-state index in [0.717, 1.165) is 25.8 Å². The summed E-state index contributed by atoms with van der Waals surface area (Å²) < 4.78 is 0. The quantitative estimate of drug-likeness (QED) is 0.636. The largest absolute Gasteiger partial charge is 0.350 e. The van der Waals surface area contributed by atoms with E-state index in [0.29, 0.717) is 0 Å². The van der Waals surface area contributed by atoms with Gasteiger partial charge in [0.2, 0.25) is 0 Å². The Morgan fingerprint density at radius 2 is 2.25 bits per heavy atom. The third kappa shape index (κ3) is 1.84. The Kier molecular flexibility index (Phi) is 3.26. The molecule has 0 aromatic carbocycles. The first kappa shape index (κ1) is 9.23. The van der Waals surface area contributed by atoms with Crippen molar-refractivity contribution < 1.29 is 4.79 Å². The summed E-state index contributed by atoms with van der Waals surface area (Å²) in [6.45, 7) is 5.15. The lowest BCUT2D eigenvalue weighted by molar-refractivity contribution is -0.120. The van der Waals surface area contributed by atoms with Gasteiger partial charge in [-0.2, -0.15) is 0 Å². The molecule has 1 unspecified atom stereocenters. The van der Waals surface area contributed by atoms with Gasteiger partial charge in [0.25, 0.3) is 5.91 Å². The summed E-state index contributed by atoms with van der Waals surface area (Å²) in [7, 11) is 0. The van der Waals surface area contributed by atoms with Crippen molar-refractivity contribution in [2.75, 3.05) is 6.54 Å². The predicted molar refractivity (Wildman–Crippen MR) is 49.2 cm³/mol. The molecule has 0 bridgehead atoms. The van der Waals surface area contributed by atoms with E-state index in [9.17, 15) is 4.79 Å². The van der Waals surface area contributed by atoms with E-state index in [1.165, 1.54) is 0 Å². The Morgan fingerprint density at radius 1 is 1.50 bits per heavy atom. The van der Waals surface area contributed by atoms with Crippen molar-refractivity contribution in [3.8, 4) is 0 Å². The van der Waals surface area contributed by atoms with Gasteiger partial charge in [-0.15, -0.1) is 0 Å². The van der Waals surface area contributed by atoms with E-state index in [1.807, 2.05) is 4.90 Å². The summed E-state index contributed by atoms with van der Waals surface area (Å²) in [4.78, 5) is 17.1. The van der Waals surface area contributed by atoms with E-state index in [1.54, 1.807) is 6.34 Å². The van der Waals surface area contributed by atoms with Gasteiger partial charge in [0.1, 0.15) is 6.04 Å². The lowest BCUT2D eigenvalue weighted by Crippen LogP contribution is -2.34. The smallest absolute Gasteiger partial charge is 0.269 e. The van der Waals surface area contributed by atoms with E-state index >= 15 is 0 Å². The van der Waals surface area contributed by atoms with Crippen LogP contribution in [0.5, 0.6) is 0 Å². The van der Waals surface area contributed by atoms with Crippen molar-refractivity contribution in [2.45, 2.75) is 39.2 Å². The highest BCUT2D eigenvalue weighted by atomic mass is 16.2. The van der Waals surface area contributed by atoms with Gasteiger partial charge in [0.05, 0.1) is 6.34 Å². The van der Waals surface area contributed by atoms with Gasteiger partial charge in [0, 0.05) is 6.54 Å². The van der Waals surface area contributed by atoms with Gasteiger partial charge in [-0.1, -0.05) is 20.3 Å². The predicted octanol–water partition coefficient (Wildman–Crippen LogP) is 1.44. The second-order valence-electron chi connectivity index (χ2n) is 3.13. The first-order valence-electron chi connectivity index (χ1n) is 4.63. The summed E-state index contributed by atoms with van der Waals surface area (Å²) in [5.74, 6) is 0.0327. The fourth-order valence-electron chi connectivity index (χ4n) is 1.47. The Balaban J connectivity index is 2.50. The maximum atomic E-state index is 11.2. The SMILES string of the molecule is CCCC1C(=O)N=CN1CCC. The van der Waals surface area contributed by atoms with Crippen LogP contribution in [0.4, 0.5) is 0 Å². The zero-order valence-electron chi connectivity index (χ0n) is 7.79. The van der Waals surface area contributed by atoms with E-state index in [-0.39, 0.29) is 11.9 Å². The number of rotatable bonds is 4. The van der Waals surface area contributed by atoms with E-state index in [4.69, 9.17) is 0 Å². The van der Waals surface area contributed by atoms with Gasteiger partial charge >= 0.3 is 0 Å². The van der Waals surface area contributed by atoms with Crippen LogP contribution >= 0.6 is 0 Å². The molecular weight excluding hydrogens is 152 g/mol. The Morgan fingerprint density at radius 3 is 2.83 bits per heavy atom. The maximum Gasteiger partial charge on any atom is 0.269 e. The van der Waals surface area contributed by atoms with Crippen LogP contribution in [0.25, 0.3) is 0 Å². The summed E-state index contributed by atoms with van der Waals surface area (Å²) in [5.41, 5.74) is 0. The second-order valence-corrected chi connectivity index (χ2v) is 3.13. The van der Waals surface area contributed by atoms with Crippen molar-refractivity contribution in [2.24, 2.45) is 4.99 Å². The normalized spacial score (nSPS) is 22.3. The molecule has 3 nitrogen and oxygen atoms in total. The van der Waals surface area contributed by atoms with Crippen LogP contribution in [0.2, 0.25) is 0 Å². The molecule has 0 saturated carbocycles. The molecule has 0 fully saturated rings. The lowest BCUT2D eigenvalue weighted by atomic mass is 10.1. The number of amides is 1. The van der Waals surface area contributed by atoms with Crippen LogP contribution in [-0.4, -0.2) is 29.7 Å². The summed E-state index contributed by atoms with van der Waals surface area (Å²) in [6, 6.07) is 0.0370. The van der Waals surface area contributed by atoms with Crippen molar-refractivity contribution in [1.82, 2.24) is 4.90 Å². The molecule has 1 atom stereocenters. The highest BCUT2D eigenvalue weighted by Gasteiger charge is 2.26. The average Bonchev–Trinajstić information content (AvgIpc) is 2.37. The third-order valence-corrected chi connectivity index (χ3v) is 2.06. The Hall–Kier alpha value is -0.860. The van der Waals surface area contributed by atoms with E-state index in [2.05, 4.69) is 18.8 Å². The average molecular weight is 168 g/mol. The molecule has 0 saturated heterocycles. The van der Waals surface area contributed by atoms with Crippen LogP contribution in [-0.2, 0) is 4.79 Å². The number of carbonyl (C=O) groups excluding carboxylic acids is 1. The minimum Gasteiger partial charge on any atom is -0.350 e. The molecule has 1 aliphatic rings. The van der Waals surface area contributed by atoms with Gasteiger partial charge in [0.15, 0.2) is 0 Å². The molecule has 0 N–H and O–H groups in total. The maximum absolute atomic E-state index is 11.2. The van der Waals surface area contributed by atoms with Gasteiger partial charge in [-0.25, -0.2) is 4.99 Å². The van der Waals surface area contributed by atoms with Crippen LogP contribution < -0.4 is 0 Å². The Bertz CT molecular complexity index is 189. The van der Waals surface area contributed by atoms with Crippen LogP contribution in [0.3, 0.4) is 0 Å². The molecule has 0 aromatic heterocycles. The molecule has 1 heterocycles. The molecule has 0 radical (unpaired) electrons. The van der Waals surface area contributed by atoms with E-state index < -0.39 is 0 Å². The minimum absolute atomic E-state index is 0.0327. The highest BCUT2D eigenvalue weighted by Crippen LogP contribution is 2.12. The topological polar surface area (TPSA) is 32.7 Å². The fraction of sp³-hybridized carbons (Fsp3) is 0.778. The number of hydrogen-bond donors (Lipinski definition) is 0. The molecule has 0 spiro atoms. The minimum atomic E-state index is 0.0327. The Labute approximate surface area is 73.5 Å². The fourth-order valence-corrected chi connectivity index (χ4v) is 1.47. The number of hydrogen-bond acceptors (Lipinski definition) is 2. The number of aliphatic imine (C=N–C) groups is 1. The van der Waals surface area contributed by atoms with Crippen molar-refractivity contribution in [1.29, 1.82) is 0 Å². The second kappa shape index (κ2) is 4.24. The molecule has 3 heteroatoms. The van der Waals surface area contributed by atoms with Crippen LogP contribution in [0.15, 0.2) is 4.99 Å². The lowest BCUT2D eigenvalue weighted by Gasteiger charge is -2.21. The van der Waals surface area contributed by atoms with Crippen LogP contribution in [0, 0.1) is 0 Å². The number of nitrogens with zero attached hydrogens (tertiary/aromatic N) is 2. The molecule has 0 aliphatic carbocycles. The van der Waals surface area contributed by atoms with Gasteiger partial charge in [-0.05, 0) is 12.8 Å². The van der Waals surface area contributed by atoms with Crippen molar-refractivity contribution in [3.05, 3.63) is 0 Å². The van der Waals surface area contributed by atoms with Gasteiger partial charge < -0.3 is 4.90 Å². The monoisotopic (exact) mass is 168 g/mol. The standard InChI is InChI=1S/C9H16N2O/c1-3-5-8-9(12)10-7-11(8)6-4-2/h7-8H,3-6H2,1-2H3. The molecule has 68 valence electrons. The molecular formula is C9H16N2O. The molecule has 1 rings (SSSR count). The molecule has 1 amide bonds. The summed E-state index contributed by atoms with van der Waals surface area (Å²) >= 11 is 0. The van der Waals surface area contributed by atoms with Crippen molar-refractivity contribution >= 4 is 12.2 Å². The van der Waals surface area contributed by atoms with Crippen LogP contribution in [0.1, 0.15) is 33.1 Å². The zero-order chi connectivity index (χ0) is 8.97. The molecule has 0 aromatic rings. The van der Waals surface area contributed by atoms with Crippen molar-refractivity contribution in [3.63, 3.8) is 0 Å². The summed E-state index contributed by atoms with van der Waals surface area (Å²) in [6.07, 6.45) is 4.73. The first-order chi connectivity index (χ1) is 5.79. The summed E-state index contributed by atoms with van der Waals surface area (Å²) in [5, 5.41) is 0.